The van der Waals surface area contributed by atoms with E-state index in [1.807, 2.05) is 41.0 Å². The second-order valence-electron chi connectivity index (χ2n) is 9.44. The number of carbonyl (C=O) groups is 1. The lowest BCUT2D eigenvalue weighted by Crippen LogP contribution is -2.47. The van der Waals surface area contributed by atoms with Crippen molar-refractivity contribution < 1.29 is 14.3 Å². The Morgan fingerprint density at radius 2 is 1.64 bits per heavy atom. The maximum Gasteiger partial charge on any atom is 0.407 e. The summed E-state index contributed by atoms with van der Waals surface area (Å²) in [7, 11) is 0. The minimum Gasteiger partial charge on any atom is -0.465 e. The van der Waals surface area contributed by atoms with Crippen LogP contribution in [0.25, 0.3) is 39.5 Å². The number of fused-ring (bicyclic) bond motifs is 1. The number of imidazole rings is 1. The zero-order valence-electron chi connectivity index (χ0n) is 21.0. The number of nitrogens with two attached hydrogens (primary N) is 1. The fraction of sp³-hybridized carbons (Fsp3) is 0.172. The number of aromatic nitrogens is 4. The summed E-state index contributed by atoms with van der Waals surface area (Å²) in [6, 6.07) is 21.9. The predicted octanol–water partition coefficient (Wildman–Crippen LogP) is 4.67. The number of carboxylic acid groups (broad SMARTS) is 1. The van der Waals surface area contributed by atoms with Gasteiger partial charge in [-0.05, 0) is 54.1 Å². The predicted molar refractivity (Wildman–Crippen MR) is 147 cm³/mol. The van der Waals surface area contributed by atoms with Crippen LogP contribution in [0, 0.1) is 5.82 Å². The van der Waals surface area contributed by atoms with Crippen molar-refractivity contribution in [2.24, 2.45) is 0 Å². The van der Waals surface area contributed by atoms with E-state index in [0.717, 1.165) is 17.8 Å². The SMILES string of the molecule is Nc1ncccc1-c1nc2ccc(-c3ccccc3F)nc2n1-c1ccc(CN2CCN(C(=O)O)CC2)cc1. The first-order valence-corrected chi connectivity index (χ1v) is 12.6. The Balaban J connectivity index is 1.39. The van der Waals surface area contributed by atoms with Crippen molar-refractivity contribution in [3.8, 4) is 28.3 Å². The van der Waals surface area contributed by atoms with Crippen molar-refractivity contribution in [3.05, 3.63) is 90.4 Å². The molecule has 0 aliphatic carbocycles. The zero-order valence-corrected chi connectivity index (χ0v) is 21.0. The Labute approximate surface area is 224 Å². The van der Waals surface area contributed by atoms with Crippen LogP contribution in [-0.2, 0) is 6.54 Å². The molecule has 3 aromatic heterocycles. The Morgan fingerprint density at radius 1 is 0.897 bits per heavy atom. The molecule has 1 saturated heterocycles. The molecule has 196 valence electrons. The summed E-state index contributed by atoms with van der Waals surface area (Å²) in [5, 5.41) is 9.19. The van der Waals surface area contributed by atoms with Crippen molar-refractivity contribution in [2.75, 3.05) is 31.9 Å². The van der Waals surface area contributed by atoms with Gasteiger partial charge >= 0.3 is 6.09 Å². The highest BCUT2D eigenvalue weighted by atomic mass is 19.1. The topological polar surface area (TPSA) is 113 Å². The Hall–Kier alpha value is -4.83. The molecule has 9 nitrogen and oxygen atoms in total. The van der Waals surface area contributed by atoms with Crippen molar-refractivity contribution in [1.82, 2.24) is 29.3 Å². The highest BCUT2D eigenvalue weighted by Gasteiger charge is 2.21. The number of nitrogen functional groups attached to an aromatic ring is 1. The number of anilines is 1. The molecule has 0 radical (unpaired) electrons. The summed E-state index contributed by atoms with van der Waals surface area (Å²) in [6.07, 6.45) is 0.759. The van der Waals surface area contributed by atoms with Gasteiger partial charge in [-0.25, -0.2) is 24.1 Å². The van der Waals surface area contributed by atoms with E-state index in [2.05, 4.69) is 9.88 Å². The van der Waals surface area contributed by atoms with Crippen LogP contribution in [0.3, 0.4) is 0 Å². The molecule has 0 unspecified atom stereocenters. The minimum atomic E-state index is -0.872. The fourth-order valence-electron chi connectivity index (χ4n) is 4.91. The van der Waals surface area contributed by atoms with Crippen molar-refractivity contribution in [3.63, 3.8) is 0 Å². The van der Waals surface area contributed by atoms with Crippen molar-refractivity contribution in [1.29, 1.82) is 0 Å². The number of hydrogen-bond donors (Lipinski definition) is 2. The van der Waals surface area contributed by atoms with Crippen LogP contribution in [0.15, 0.2) is 79.0 Å². The van der Waals surface area contributed by atoms with Crippen LogP contribution in [0.5, 0.6) is 0 Å². The lowest BCUT2D eigenvalue weighted by molar-refractivity contribution is 0.103. The summed E-state index contributed by atoms with van der Waals surface area (Å²) < 4.78 is 16.5. The van der Waals surface area contributed by atoms with Gasteiger partial charge in [-0.3, -0.25) is 9.47 Å². The van der Waals surface area contributed by atoms with E-state index in [0.29, 0.717) is 65.8 Å². The first-order chi connectivity index (χ1) is 19.0. The summed E-state index contributed by atoms with van der Waals surface area (Å²) in [6.45, 7) is 3.10. The van der Waals surface area contributed by atoms with Crippen LogP contribution in [0.4, 0.5) is 15.0 Å². The monoisotopic (exact) mass is 523 g/mol. The molecule has 4 heterocycles. The van der Waals surface area contributed by atoms with E-state index in [9.17, 15) is 14.3 Å². The second-order valence-corrected chi connectivity index (χ2v) is 9.44. The largest absolute Gasteiger partial charge is 0.465 e. The molecule has 1 fully saturated rings. The van der Waals surface area contributed by atoms with Gasteiger partial charge in [0.15, 0.2) is 11.5 Å². The standard InChI is InChI=1S/C29H26FN7O2/c30-23-6-2-1-4-21(23)24-11-12-25-28(33-24)37(27(34-25)22-5-3-13-32-26(22)31)20-9-7-19(8-10-20)18-35-14-16-36(17-15-35)29(38)39/h1-13H,14-18H2,(H2,31,32)(H,38,39). The van der Waals surface area contributed by atoms with Gasteiger partial charge in [0.2, 0.25) is 0 Å². The third-order valence-corrected chi connectivity index (χ3v) is 6.98. The van der Waals surface area contributed by atoms with Crippen LogP contribution in [0.1, 0.15) is 5.56 Å². The molecule has 1 aliphatic heterocycles. The van der Waals surface area contributed by atoms with Gasteiger partial charge in [0, 0.05) is 50.2 Å². The van der Waals surface area contributed by atoms with Crippen LogP contribution >= 0.6 is 0 Å². The smallest absolute Gasteiger partial charge is 0.407 e. The normalized spacial score (nSPS) is 14.1. The summed E-state index contributed by atoms with van der Waals surface area (Å²) in [5.74, 6) is 0.590. The molecule has 0 atom stereocenters. The maximum atomic E-state index is 14.6. The second kappa shape index (κ2) is 10.1. The summed E-state index contributed by atoms with van der Waals surface area (Å²) in [4.78, 5) is 28.8. The van der Waals surface area contributed by atoms with Gasteiger partial charge in [-0.15, -0.1) is 0 Å². The molecular weight excluding hydrogens is 497 g/mol. The molecule has 1 aliphatic rings. The van der Waals surface area contributed by atoms with E-state index in [-0.39, 0.29) is 5.82 Å². The van der Waals surface area contributed by atoms with Gasteiger partial charge in [-0.2, -0.15) is 0 Å². The van der Waals surface area contributed by atoms with Gasteiger partial charge < -0.3 is 15.7 Å². The molecule has 3 N–H and O–H groups in total. The average molecular weight is 524 g/mol. The van der Waals surface area contributed by atoms with Gasteiger partial charge in [-0.1, -0.05) is 24.3 Å². The molecule has 6 rings (SSSR count). The van der Waals surface area contributed by atoms with Crippen molar-refractivity contribution >= 4 is 23.1 Å². The molecule has 5 aromatic rings. The fourth-order valence-corrected chi connectivity index (χ4v) is 4.91. The Bertz CT molecular complexity index is 1660. The summed E-state index contributed by atoms with van der Waals surface area (Å²) >= 11 is 0. The molecule has 0 spiro atoms. The molecule has 39 heavy (non-hydrogen) atoms. The number of piperazine rings is 1. The number of amides is 1. The minimum absolute atomic E-state index is 0.347. The number of pyridine rings is 2. The highest BCUT2D eigenvalue weighted by molar-refractivity contribution is 5.84. The first kappa shape index (κ1) is 24.5. The number of hydrogen-bond acceptors (Lipinski definition) is 6. The van der Waals surface area contributed by atoms with E-state index < -0.39 is 6.09 Å². The van der Waals surface area contributed by atoms with E-state index in [1.54, 1.807) is 36.5 Å². The van der Waals surface area contributed by atoms with Gasteiger partial charge in [0.1, 0.15) is 17.2 Å². The third-order valence-electron chi connectivity index (χ3n) is 6.98. The van der Waals surface area contributed by atoms with E-state index in [1.165, 1.54) is 11.0 Å². The van der Waals surface area contributed by atoms with E-state index in [4.69, 9.17) is 15.7 Å². The number of halogens is 1. The number of nitrogens with zero attached hydrogens (tertiary/aromatic N) is 6. The van der Waals surface area contributed by atoms with Crippen LogP contribution in [-0.4, -0.2) is 66.7 Å². The molecule has 0 bridgehead atoms. The molecular formula is C29H26FN7O2. The zero-order chi connectivity index (χ0) is 26.9. The highest BCUT2D eigenvalue weighted by Crippen LogP contribution is 2.32. The summed E-state index contributed by atoms with van der Waals surface area (Å²) in [5.41, 5.74) is 11.0. The van der Waals surface area contributed by atoms with Crippen molar-refractivity contribution in [2.45, 2.75) is 6.54 Å². The van der Waals surface area contributed by atoms with Gasteiger partial charge in [0.05, 0.1) is 11.3 Å². The van der Waals surface area contributed by atoms with E-state index >= 15 is 0 Å². The molecule has 2 aromatic carbocycles. The quantitative estimate of drug-likeness (QED) is 0.344. The number of benzene rings is 2. The Kier molecular flexibility index (Phi) is 6.37. The lowest BCUT2D eigenvalue weighted by atomic mass is 10.1. The average Bonchev–Trinajstić information content (AvgIpc) is 3.33. The van der Waals surface area contributed by atoms with Gasteiger partial charge in [0.25, 0.3) is 0 Å². The molecule has 1 amide bonds. The molecule has 0 saturated carbocycles. The lowest BCUT2D eigenvalue weighted by Gasteiger charge is -2.33. The van der Waals surface area contributed by atoms with Crippen LogP contribution < -0.4 is 5.73 Å². The molecule has 10 heteroatoms. The maximum absolute atomic E-state index is 14.6. The first-order valence-electron chi connectivity index (χ1n) is 12.6. The third kappa shape index (κ3) is 4.77. The number of rotatable bonds is 5. The Morgan fingerprint density at radius 3 is 2.36 bits per heavy atom. The van der Waals surface area contributed by atoms with Crippen LogP contribution in [0.2, 0.25) is 0 Å².